The molecule has 1 aromatic heterocycles. The number of halogens is 2. The average molecular weight is 406 g/mol. The number of aliphatic imine (C=N–C) groups is 1. The van der Waals surface area contributed by atoms with Crippen LogP contribution < -0.4 is 9.62 Å². The molecule has 1 heterocycles. The second kappa shape index (κ2) is 7.97. The third kappa shape index (κ3) is 4.48. The lowest BCUT2D eigenvalue weighted by atomic mass is 10.1. The van der Waals surface area contributed by atoms with Gasteiger partial charge in [0.1, 0.15) is 11.6 Å². The van der Waals surface area contributed by atoms with Crippen LogP contribution >= 0.6 is 0 Å². The van der Waals surface area contributed by atoms with Gasteiger partial charge in [-0.3, -0.25) is 9.30 Å². The Morgan fingerprint density at radius 1 is 1.21 bits per heavy atom. The summed E-state index contributed by atoms with van der Waals surface area (Å²) in [6, 6.07) is 8.52. The molecule has 0 spiro atoms. The van der Waals surface area contributed by atoms with Gasteiger partial charge in [-0.2, -0.15) is 0 Å². The maximum atomic E-state index is 13.5. The van der Waals surface area contributed by atoms with Crippen molar-refractivity contribution in [3.05, 3.63) is 59.8 Å². The Morgan fingerprint density at radius 3 is 2.75 bits per heavy atom. The molecule has 3 rings (SSSR count). The van der Waals surface area contributed by atoms with Gasteiger partial charge in [-0.05, 0) is 42.3 Å². The first kappa shape index (κ1) is 19.8. The molecule has 0 saturated carbocycles. The van der Waals surface area contributed by atoms with Crippen LogP contribution in [-0.4, -0.2) is 39.6 Å². The number of hydrogen-bond donors (Lipinski definition) is 2. The van der Waals surface area contributed by atoms with E-state index in [2.05, 4.69) is 15.3 Å². The minimum Gasteiger partial charge on any atom is -0.361 e. The molecule has 148 valence electrons. The van der Waals surface area contributed by atoms with Gasteiger partial charge in [-0.25, -0.2) is 17.2 Å². The quantitative estimate of drug-likeness (QED) is 0.466. The van der Waals surface area contributed by atoms with Gasteiger partial charge in [-0.1, -0.05) is 0 Å². The molecule has 2 N–H and O–H groups in total. The Hall–Kier alpha value is -2.94. The Bertz CT molecular complexity index is 1130. The number of hydrogen-bond acceptors (Lipinski definition) is 3. The average Bonchev–Trinajstić information content (AvgIpc) is 3.05. The highest BCUT2D eigenvalue weighted by Crippen LogP contribution is 2.25. The van der Waals surface area contributed by atoms with Crippen LogP contribution in [0, 0.1) is 11.6 Å². The van der Waals surface area contributed by atoms with Crippen molar-refractivity contribution in [2.75, 3.05) is 29.5 Å². The molecule has 3 aromatic rings. The summed E-state index contributed by atoms with van der Waals surface area (Å²) in [7, 11) is -1.84. The molecule has 6 nitrogen and oxygen atoms in total. The van der Waals surface area contributed by atoms with Crippen LogP contribution in [0.15, 0.2) is 47.6 Å². The van der Waals surface area contributed by atoms with Crippen LogP contribution in [-0.2, 0) is 16.4 Å². The van der Waals surface area contributed by atoms with Gasteiger partial charge < -0.3 is 10.3 Å². The number of rotatable bonds is 7. The number of fused-ring (bicyclic) bond motifs is 1. The Morgan fingerprint density at radius 2 is 2.00 bits per heavy atom. The van der Waals surface area contributed by atoms with Gasteiger partial charge in [0.05, 0.1) is 24.0 Å². The molecule has 0 saturated heterocycles. The van der Waals surface area contributed by atoms with Crippen molar-refractivity contribution in [3.8, 4) is 0 Å². The number of H-pyrrole nitrogens is 1. The fraction of sp³-hybridized carbons (Fsp3) is 0.211. The molecule has 0 aliphatic carbocycles. The highest BCUT2D eigenvalue weighted by atomic mass is 32.2. The molecule has 0 aliphatic rings. The zero-order chi connectivity index (χ0) is 20.3. The smallest absolute Gasteiger partial charge is 0.231 e. The monoisotopic (exact) mass is 406 g/mol. The van der Waals surface area contributed by atoms with Gasteiger partial charge in [0, 0.05) is 36.8 Å². The summed E-state index contributed by atoms with van der Waals surface area (Å²) in [4.78, 5) is 7.32. The SMILES string of the molecule is CN(c1ccc2[nH]cc(CCN=CNc3cc(F)ccc3F)c2c1)S(C)(=O)=O. The molecule has 0 amide bonds. The van der Waals surface area contributed by atoms with Crippen LogP contribution in [0.5, 0.6) is 0 Å². The van der Waals surface area contributed by atoms with E-state index in [1.54, 1.807) is 6.07 Å². The van der Waals surface area contributed by atoms with E-state index in [0.717, 1.165) is 40.9 Å². The summed E-state index contributed by atoms with van der Waals surface area (Å²) in [5.41, 5.74) is 2.46. The van der Waals surface area contributed by atoms with E-state index in [1.165, 1.54) is 17.7 Å². The van der Waals surface area contributed by atoms with Crippen molar-refractivity contribution >= 4 is 38.6 Å². The van der Waals surface area contributed by atoms with Crippen molar-refractivity contribution in [2.24, 2.45) is 4.99 Å². The minimum atomic E-state index is -3.34. The van der Waals surface area contributed by atoms with Crippen molar-refractivity contribution in [3.63, 3.8) is 0 Å². The summed E-state index contributed by atoms with van der Waals surface area (Å²) in [5.74, 6) is -1.10. The summed E-state index contributed by atoms with van der Waals surface area (Å²) in [6.45, 7) is 0.420. The van der Waals surface area contributed by atoms with Gasteiger partial charge in [0.15, 0.2) is 0 Å². The van der Waals surface area contributed by atoms with Crippen LogP contribution in [0.3, 0.4) is 0 Å². The topological polar surface area (TPSA) is 77.6 Å². The molecule has 0 bridgehead atoms. The maximum absolute atomic E-state index is 13.5. The standard InChI is InChI=1S/C19H20F2N4O2S/c1-25(28(2,26)27)15-4-6-18-16(10-15)13(11-23-18)7-8-22-12-24-19-9-14(20)3-5-17(19)21/h3-6,9-12,23H,7-8H2,1-2H3,(H,22,24). The van der Waals surface area contributed by atoms with Gasteiger partial charge >= 0.3 is 0 Å². The molecule has 9 heteroatoms. The number of anilines is 2. The number of sulfonamides is 1. The molecule has 0 atom stereocenters. The number of nitrogens with zero attached hydrogens (tertiary/aromatic N) is 2. The molecular weight excluding hydrogens is 386 g/mol. The van der Waals surface area contributed by atoms with E-state index in [9.17, 15) is 17.2 Å². The highest BCUT2D eigenvalue weighted by Gasteiger charge is 2.13. The van der Waals surface area contributed by atoms with Crippen LogP contribution in [0.4, 0.5) is 20.2 Å². The zero-order valence-electron chi connectivity index (χ0n) is 15.4. The first-order valence-corrected chi connectivity index (χ1v) is 10.3. The largest absolute Gasteiger partial charge is 0.361 e. The molecule has 28 heavy (non-hydrogen) atoms. The number of aromatic nitrogens is 1. The second-order valence-electron chi connectivity index (χ2n) is 6.33. The summed E-state index contributed by atoms with van der Waals surface area (Å²) >= 11 is 0. The Balaban J connectivity index is 1.68. The molecule has 2 aromatic carbocycles. The zero-order valence-corrected chi connectivity index (χ0v) is 16.2. The molecular formula is C19H20F2N4O2S. The first-order chi connectivity index (χ1) is 13.3. The normalized spacial score (nSPS) is 12.0. The Kier molecular flexibility index (Phi) is 5.64. The van der Waals surface area contributed by atoms with Crippen molar-refractivity contribution in [1.29, 1.82) is 0 Å². The van der Waals surface area contributed by atoms with E-state index in [0.29, 0.717) is 18.7 Å². The maximum Gasteiger partial charge on any atom is 0.231 e. The lowest BCUT2D eigenvalue weighted by molar-refractivity contribution is 0.600. The lowest BCUT2D eigenvalue weighted by Gasteiger charge is -2.16. The lowest BCUT2D eigenvalue weighted by Crippen LogP contribution is -2.24. The minimum absolute atomic E-state index is 0.0179. The van der Waals surface area contributed by atoms with Gasteiger partial charge in [-0.15, -0.1) is 0 Å². The highest BCUT2D eigenvalue weighted by molar-refractivity contribution is 7.92. The van der Waals surface area contributed by atoms with Crippen LogP contribution in [0.2, 0.25) is 0 Å². The predicted octanol–water partition coefficient (Wildman–Crippen LogP) is 3.52. The van der Waals surface area contributed by atoms with Crippen LogP contribution in [0.1, 0.15) is 5.56 Å². The van der Waals surface area contributed by atoms with Crippen LogP contribution in [0.25, 0.3) is 10.9 Å². The first-order valence-electron chi connectivity index (χ1n) is 8.49. The second-order valence-corrected chi connectivity index (χ2v) is 8.34. The van der Waals surface area contributed by atoms with Crippen molar-refractivity contribution < 1.29 is 17.2 Å². The van der Waals surface area contributed by atoms with E-state index < -0.39 is 21.7 Å². The van der Waals surface area contributed by atoms with E-state index in [4.69, 9.17) is 0 Å². The summed E-state index contributed by atoms with van der Waals surface area (Å²) in [6.07, 6.45) is 4.92. The van der Waals surface area contributed by atoms with E-state index >= 15 is 0 Å². The third-order valence-corrected chi connectivity index (χ3v) is 5.57. The van der Waals surface area contributed by atoms with E-state index in [1.807, 2.05) is 18.3 Å². The van der Waals surface area contributed by atoms with Gasteiger partial charge in [0.25, 0.3) is 0 Å². The molecule has 0 radical (unpaired) electrons. The fourth-order valence-electron chi connectivity index (χ4n) is 2.73. The molecule has 0 aliphatic heterocycles. The Labute approximate surface area is 162 Å². The third-order valence-electron chi connectivity index (χ3n) is 4.36. The predicted molar refractivity (Wildman–Crippen MR) is 109 cm³/mol. The summed E-state index contributed by atoms with van der Waals surface area (Å²) in [5, 5.41) is 3.53. The summed E-state index contributed by atoms with van der Waals surface area (Å²) < 4.78 is 51.3. The number of nitrogens with one attached hydrogen (secondary N) is 2. The van der Waals surface area contributed by atoms with Gasteiger partial charge in [0.2, 0.25) is 10.0 Å². The van der Waals surface area contributed by atoms with E-state index in [-0.39, 0.29) is 5.69 Å². The fourth-order valence-corrected chi connectivity index (χ4v) is 3.23. The number of aromatic amines is 1. The van der Waals surface area contributed by atoms with Crippen molar-refractivity contribution in [2.45, 2.75) is 6.42 Å². The van der Waals surface area contributed by atoms with Crippen molar-refractivity contribution in [1.82, 2.24) is 4.98 Å². The molecule has 0 fully saturated rings. The number of benzene rings is 2. The molecule has 0 unspecified atom stereocenters.